The summed E-state index contributed by atoms with van der Waals surface area (Å²) in [5.41, 5.74) is 6.61. The molecule has 8 heteroatoms. The van der Waals surface area contributed by atoms with Gasteiger partial charge >= 0.3 is 0 Å². The average Bonchev–Trinajstić information content (AvgIpc) is 3.02. The lowest BCUT2D eigenvalue weighted by Crippen LogP contribution is -2.37. The largest absolute Gasteiger partial charge is 0.395 e. The quantitative estimate of drug-likeness (QED) is 0.0795. The summed E-state index contributed by atoms with van der Waals surface area (Å²) in [6, 6.07) is 29.0. The second-order valence-corrected chi connectivity index (χ2v) is 11.7. The lowest BCUT2D eigenvalue weighted by Gasteiger charge is -2.04. The molecular weight excluding hydrogens is 549 g/mol. The fourth-order valence-corrected chi connectivity index (χ4v) is 6.03. The molecule has 0 aliphatic carbocycles. The molecular formula is C33H38N4O2S2+2. The smallest absolute Gasteiger partial charge is 0.205 e. The van der Waals surface area contributed by atoms with Crippen molar-refractivity contribution in [3.8, 4) is 0 Å². The summed E-state index contributed by atoms with van der Waals surface area (Å²) in [7, 11) is 3.74. The predicted octanol–water partition coefficient (Wildman–Crippen LogP) is 5.45. The van der Waals surface area contributed by atoms with Gasteiger partial charge in [0, 0.05) is 60.9 Å². The first-order valence-electron chi connectivity index (χ1n) is 13.7. The molecule has 0 saturated heterocycles. The second-order valence-electron chi connectivity index (χ2n) is 9.19. The van der Waals surface area contributed by atoms with Gasteiger partial charge < -0.3 is 20.8 Å². The molecule has 41 heavy (non-hydrogen) atoms. The van der Waals surface area contributed by atoms with Gasteiger partial charge in [0.1, 0.15) is 0 Å². The van der Waals surface area contributed by atoms with Crippen molar-refractivity contribution in [3.63, 3.8) is 0 Å². The molecule has 0 spiro atoms. The van der Waals surface area contributed by atoms with Gasteiger partial charge in [0.25, 0.3) is 0 Å². The zero-order valence-corrected chi connectivity index (χ0v) is 24.7. The summed E-state index contributed by atoms with van der Waals surface area (Å²) >= 11 is 0. The van der Waals surface area contributed by atoms with Crippen LogP contribution in [0.5, 0.6) is 0 Å². The number of aliphatic hydroxyl groups is 2. The molecule has 2 heterocycles. The fraction of sp³-hybridized carbons (Fsp3) is 0.212. The van der Waals surface area contributed by atoms with E-state index >= 15 is 0 Å². The minimum atomic E-state index is 0.122. The zero-order chi connectivity index (χ0) is 28.5. The Morgan fingerprint density at radius 2 is 1.10 bits per heavy atom. The summed E-state index contributed by atoms with van der Waals surface area (Å²) in [6.07, 6.45) is 12.8. The van der Waals surface area contributed by atoms with E-state index in [4.69, 9.17) is 10.2 Å². The number of pyridine rings is 2. The van der Waals surface area contributed by atoms with E-state index in [1.807, 2.05) is 45.9 Å². The Labute approximate surface area is 250 Å². The van der Waals surface area contributed by atoms with Crippen molar-refractivity contribution < 1.29 is 19.3 Å². The number of hydrogen-bond donors (Lipinski definition) is 4. The van der Waals surface area contributed by atoms with E-state index in [0.717, 1.165) is 46.4 Å². The maximum Gasteiger partial charge on any atom is 0.205 e. The SMILES string of the molecule is OCCNc1ccc(/C=C/c2cccc[n+]2CCSSC[n+]2ccccc2/C=C/c2ccc(NCCO)cc2)cc1. The molecule has 0 amide bonds. The lowest BCUT2D eigenvalue weighted by molar-refractivity contribution is -0.694. The number of hydrogen-bond acceptors (Lipinski definition) is 6. The van der Waals surface area contributed by atoms with Gasteiger partial charge in [0.15, 0.2) is 18.9 Å². The van der Waals surface area contributed by atoms with E-state index in [1.54, 1.807) is 0 Å². The fourth-order valence-electron chi connectivity index (χ4n) is 4.08. The Bertz CT molecular complexity index is 1290. The lowest BCUT2D eigenvalue weighted by atomic mass is 10.1. The standard InChI is InChI=1S/C33H36N4O2S2/c38-24-19-34-30-13-7-28(8-14-30)11-17-32-5-1-3-21-36(32)23-26-40-41-27-37-22-4-2-6-33(37)18-12-29-9-15-31(16-10-29)35-20-25-39/h1-18,21-22,38-39H,19-20,23-27H2/p+2. The highest BCUT2D eigenvalue weighted by atomic mass is 33.1. The van der Waals surface area contributed by atoms with Crippen molar-refractivity contribution in [1.29, 1.82) is 0 Å². The number of anilines is 2. The van der Waals surface area contributed by atoms with Crippen LogP contribution >= 0.6 is 21.6 Å². The molecule has 6 nitrogen and oxygen atoms in total. The summed E-state index contributed by atoms with van der Waals surface area (Å²) in [5.74, 6) is 1.87. The number of nitrogens with zero attached hydrogens (tertiary/aromatic N) is 2. The number of aliphatic hydroxyl groups excluding tert-OH is 2. The Balaban J connectivity index is 1.26. The molecule has 0 atom stereocenters. The van der Waals surface area contributed by atoms with Gasteiger partial charge in [-0.3, -0.25) is 0 Å². The molecule has 0 radical (unpaired) electrons. The number of aromatic nitrogens is 2. The van der Waals surface area contributed by atoms with Crippen LogP contribution in [0.2, 0.25) is 0 Å². The van der Waals surface area contributed by atoms with E-state index in [0.29, 0.717) is 13.1 Å². The first-order chi connectivity index (χ1) is 20.2. The Morgan fingerprint density at radius 1 is 0.585 bits per heavy atom. The Kier molecular flexibility index (Phi) is 12.8. The third kappa shape index (κ3) is 10.4. The third-order valence-electron chi connectivity index (χ3n) is 6.24. The monoisotopic (exact) mass is 586 g/mol. The summed E-state index contributed by atoms with van der Waals surface area (Å²) < 4.78 is 4.55. The predicted molar refractivity (Wildman–Crippen MR) is 175 cm³/mol. The van der Waals surface area contributed by atoms with E-state index in [9.17, 15) is 0 Å². The van der Waals surface area contributed by atoms with Crippen LogP contribution in [0.4, 0.5) is 11.4 Å². The van der Waals surface area contributed by atoms with Crippen molar-refractivity contribution in [1.82, 2.24) is 0 Å². The molecule has 212 valence electrons. The average molecular weight is 587 g/mol. The molecule has 2 aromatic heterocycles. The molecule has 0 fully saturated rings. The maximum atomic E-state index is 8.96. The molecule has 0 unspecified atom stereocenters. The second kappa shape index (κ2) is 17.3. The number of nitrogens with one attached hydrogen (secondary N) is 2. The molecule has 4 N–H and O–H groups in total. The van der Waals surface area contributed by atoms with Crippen molar-refractivity contribution >= 4 is 57.3 Å². The highest BCUT2D eigenvalue weighted by Crippen LogP contribution is 2.21. The van der Waals surface area contributed by atoms with Gasteiger partial charge in [-0.15, -0.1) is 0 Å². The third-order valence-corrected chi connectivity index (χ3v) is 8.45. The van der Waals surface area contributed by atoms with E-state index in [1.165, 1.54) is 5.69 Å². The minimum absolute atomic E-state index is 0.122. The number of aryl methyl sites for hydroxylation is 1. The maximum absolute atomic E-state index is 8.96. The van der Waals surface area contributed by atoms with Crippen LogP contribution in [-0.4, -0.2) is 42.3 Å². The van der Waals surface area contributed by atoms with Gasteiger partial charge in [0.2, 0.25) is 17.3 Å². The van der Waals surface area contributed by atoms with Crippen LogP contribution in [-0.2, 0) is 12.4 Å². The van der Waals surface area contributed by atoms with Gasteiger partial charge in [-0.05, 0) is 70.5 Å². The van der Waals surface area contributed by atoms with Gasteiger partial charge in [0.05, 0.1) is 19.0 Å². The molecule has 0 bridgehead atoms. The summed E-state index contributed by atoms with van der Waals surface area (Å²) in [5, 5.41) is 24.3. The molecule has 0 aliphatic heterocycles. The van der Waals surface area contributed by atoms with Gasteiger partial charge in [-0.25, -0.2) is 0 Å². The van der Waals surface area contributed by atoms with Crippen molar-refractivity contribution in [3.05, 3.63) is 120 Å². The van der Waals surface area contributed by atoms with E-state index < -0.39 is 0 Å². The van der Waals surface area contributed by atoms with Crippen LogP contribution in [0.15, 0.2) is 97.3 Å². The van der Waals surface area contributed by atoms with E-state index in [-0.39, 0.29) is 13.2 Å². The van der Waals surface area contributed by atoms with Gasteiger partial charge in [-0.2, -0.15) is 9.13 Å². The highest BCUT2D eigenvalue weighted by molar-refractivity contribution is 8.76. The van der Waals surface area contributed by atoms with Crippen LogP contribution in [0.3, 0.4) is 0 Å². The molecule has 4 aromatic rings. The Hall–Kier alpha value is -3.56. The first kappa shape index (κ1) is 30.4. The van der Waals surface area contributed by atoms with Crippen molar-refractivity contribution in [2.45, 2.75) is 12.4 Å². The van der Waals surface area contributed by atoms with Crippen LogP contribution in [0.25, 0.3) is 24.3 Å². The zero-order valence-electron chi connectivity index (χ0n) is 23.1. The number of benzene rings is 2. The van der Waals surface area contributed by atoms with Crippen molar-refractivity contribution in [2.75, 3.05) is 42.7 Å². The van der Waals surface area contributed by atoms with Crippen molar-refractivity contribution in [2.24, 2.45) is 0 Å². The molecule has 0 aliphatic rings. The van der Waals surface area contributed by atoms with Crippen LogP contribution in [0.1, 0.15) is 22.5 Å². The summed E-state index contributed by atoms with van der Waals surface area (Å²) in [4.78, 5) is 0. The molecule has 2 aromatic carbocycles. The molecule has 4 rings (SSSR count). The topological polar surface area (TPSA) is 72.3 Å². The van der Waals surface area contributed by atoms with Crippen LogP contribution < -0.4 is 19.8 Å². The van der Waals surface area contributed by atoms with E-state index in [2.05, 4.69) is 117 Å². The number of rotatable bonds is 16. The Morgan fingerprint density at radius 3 is 1.63 bits per heavy atom. The highest BCUT2D eigenvalue weighted by Gasteiger charge is 2.10. The van der Waals surface area contributed by atoms with Crippen LogP contribution in [0, 0.1) is 0 Å². The summed E-state index contributed by atoms with van der Waals surface area (Å²) in [6.45, 7) is 2.28. The molecule has 0 saturated carbocycles. The minimum Gasteiger partial charge on any atom is -0.395 e. The first-order valence-corrected chi connectivity index (χ1v) is 16.2. The normalized spacial score (nSPS) is 11.4. The van der Waals surface area contributed by atoms with Gasteiger partial charge in [-0.1, -0.05) is 35.1 Å².